The van der Waals surface area contributed by atoms with Crippen molar-refractivity contribution in [3.63, 3.8) is 0 Å². The van der Waals surface area contributed by atoms with Crippen molar-refractivity contribution in [2.24, 2.45) is 0 Å². The quantitative estimate of drug-likeness (QED) is 0.774. The second kappa shape index (κ2) is 4.33. The predicted molar refractivity (Wildman–Crippen MR) is 51.7 cm³/mol. The third-order valence-corrected chi connectivity index (χ3v) is 1.87. The van der Waals surface area contributed by atoms with Crippen LogP contribution in [0, 0.1) is 11.6 Å². The predicted octanol–water partition coefficient (Wildman–Crippen LogP) is 2.75. The maximum atomic E-state index is 13.2. The van der Waals surface area contributed by atoms with Crippen LogP contribution in [0.15, 0.2) is 24.3 Å². The van der Waals surface area contributed by atoms with Crippen LogP contribution in [-0.2, 0) is 0 Å². The fourth-order valence-electron chi connectivity index (χ4n) is 1.26. The summed E-state index contributed by atoms with van der Waals surface area (Å²) in [7, 11) is 0. The Hall–Kier alpha value is -1.22. The van der Waals surface area contributed by atoms with Gasteiger partial charge < -0.3 is 5.11 Å². The van der Waals surface area contributed by atoms with E-state index in [1.165, 1.54) is 18.2 Å². The topological polar surface area (TPSA) is 20.2 Å². The Labute approximate surface area is 81.7 Å². The highest BCUT2D eigenvalue weighted by Gasteiger charge is 2.08. The van der Waals surface area contributed by atoms with Crippen LogP contribution in [-0.4, -0.2) is 11.2 Å². The highest BCUT2D eigenvalue weighted by Crippen LogP contribution is 2.20. The summed E-state index contributed by atoms with van der Waals surface area (Å²) in [5.41, 5.74) is 0.711. The lowest BCUT2D eigenvalue weighted by Crippen LogP contribution is -1.97. The number of aliphatic hydroxyl groups excluding tert-OH is 1. The molecule has 0 bridgehead atoms. The molecule has 1 atom stereocenters. The number of hydrogen-bond acceptors (Lipinski definition) is 1. The first-order chi connectivity index (χ1) is 6.52. The van der Waals surface area contributed by atoms with Gasteiger partial charge in [0.05, 0.1) is 6.10 Å². The van der Waals surface area contributed by atoms with Crippen molar-refractivity contribution in [2.75, 3.05) is 0 Å². The number of halogens is 2. The van der Waals surface area contributed by atoms with E-state index in [1.807, 2.05) is 0 Å². The first-order valence-corrected chi connectivity index (χ1v) is 4.33. The van der Waals surface area contributed by atoms with Gasteiger partial charge in [-0.25, -0.2) is 8.78 Å². The maximum absolute atomic E-state index is 13.2. The van der Waals surface area contributed by atoms with Gasteiger partial charge in [-0.1, -0.05) is 18.2 Å². The summed E-state index contributed by atoms with van der Waals surface area (Å²) in [5, 5.41) is 9.05. The van der Waals surface area contributed by atoms with Gasteiger partial charge in [0.25, 0.3) is 0 Å². The molecule has 1 nitrogen and oxygen atoms in total. The Kier molecular flexibility index (Phi) is 3.36. The zero-order valence-electron chi connectivity index (χ0n) is 8.09. The summed E-state index contributed by atoms with van der Waals surface area (Å²) in [4.78, 5) is 0. The van der Waals surface area contributed by atoms with E-state index in [-0.39, 0.29) is 5.56 Å². The third kappa shape index (κ3) is 2.39. The van der Waals surface area contributed by atoms with Gasteiger partial charge in [0.1, 0.15) is 0 Å². The van der Waals surface area contributed by atoms with Crippen LogP contribution in [0.2, 0.25) is 0 Å². The van der Waals surface area contributed by atoms with E-state index in [9.17, 15) is 8.78 Å². The highest BCUT2D eigenvalue weighted by atomic mass is 19.2. The molecule has 0 fully saturated rings. The molecule has 0 heterocycles. The Bertz CT molecular complexity index is 356. The normalized spacial score (nSPS) is 14.2. The van der Waals surface area contributed by atoms with Crippen LogP contribution in [0.4, 0.5) is 8.78 Å². The van der Waals surface area contributed by atoms with Crippen molar-refractivity contribution in [3.8, 4) is 0 Å². The van der Waals surface area contributed by atoms with E-state index >= 15 is 0 Å². The standard InChI is InChI=1S/C11H12F2O/c1-7(6-8(2)14)9-4-3-5-10(12)11(9)13/h3-6,8,14H,1-2H3/b7-6-. The van der Waals surface area contributed by atoms with Crippen LogP contribution < -0.4 is 0 Å². The second-order valence-electron chi connectivity index (χ2n) is 3.19. The summed E-state index contributed by atoms with van der Waals surface area (Å²) in [5.74, 6) is -1.75. The number of allylic oxidation sites excluding steroid dienone is 1. The minimum atomic E-state index is -0.874. The van der Waals surface area contributed by atoms with Crippen LogP contribution in [0.1, 0.15) is 19.4 Å². The van der Waals surface area contributed by atoms with Crippen molar-refractivity contribution in [1.29, 1.82) is 0 Å². The van der Waals surface area contributed by atoms with Gasteiger partial charge >= 0.3 is 0 Å². The van der Waals surface area contributed by atoms with Gasteiger partial charge in [-0.05, 0) is 25.5 Å². The van der Waals surface area contributed by atoms with E-state index in [2.05, 4.69) is 0 Å². The number of rotatable bonds is 2. The van der Waals surface area contributed by atoms with Gasteiger partial charge in [0.2, 0.25) is 0 Å². The summed E-state index contributed by atoms with van der Waals surface area (Å²) >= 11 is 0. The van der Waals surface area contributed by atoms with Gasteiger partial charge in [-0.15, -0.1) is 0 Å². The van der Waals surface area contributed by atoms with Crippen molar-refractivity contribution in [1.82, 2.24) is 0 Å². The highest BCUT2D eigenvalue weighted by molar-refractivity contribution is 5.64. The van der Waals surface area contributed by atoms with Crippen LogP contribution in [0.25, 0.3) is 5.57 Å². The zero-order chi connectivity index (χ0) is 10.7. The molecule has 1 aromatic rings. The average molecular weight is 198 g/mol. The molecule has 1 unspecified atom stereocenters. The lowest BCUT2D eigenvalue weighted by molar-refractivity contribution is 0.244. The van der Waals surface area contributed by atoms with Gasteiger partial charge in [-0.2, -0.15) is 0 Å². The molecule has 0 aliphatic rings. The Balaban J connectivity index is 3.13. The molecule has 0 radical (unpaired) electrons. The molecule has 3 heteroatoms. The molecule has 0 spiro atoms. The molecule has 0 saturated carbocycles. The summed E-state index contributed by atoms with van der Waals surface area (Å²) in [6.07, 6.45) is 0.801. The average Bonchev–Trinajstić information content (AvgIpc) is 2.08. The van der Waals surface area contributed by atoms with E-state index < -0.39 is 17.7 Å². The summed E-state index contributed by atoms with van der Waals surface area (Å²) in [6, 6.07) is 3.98. The largest absolute Gasteiger partial charge is 0.389 e. The Morgan fingerprint density at radius 1 is 1.43 bits per heavy atom. The number of benzene rings is 1. The fourth-order valence-corrected chi connectivity index (χ4v) is 1.26. The van der Waals surface area contributed by atoms with Gasteiger partial charge in [-0.3, -0.25) is 0 Å². The SMILES string of the molecule is C/C(=C/C(C)O)c1cccc(F)c1F. The first-order valence-electron chi connectivity index (χ1n) is 4.33. The monoisotopic (exact) mass is 198 g/mol. The molecule has 0 saturated heterocycles. The Morgan fingerprint density at radius 3 is 2.64 bits per heavy atom. The lowest BCUT2D eigenvalue weighted by atomic mass is 10.1. The molecule has 0 amide bonds. The molecule has 1 rings (SSSR count). The third-order valence-electron chi connectivity index (χ3n) is 1.87. The molecular weight excluding hydrogens is 186 g/mol. The van der Waals surface area contributed by atoms with Gasteiger partial charge in [0.15, 0.2) is 11.6 Å². The van der Waals surface area contributed by atoms with E-state index in [1.54, 1.807) is 13.8 Å². The molecule has 1 aromatic carbocycles. The molecule has 76 valence electrons. The summed E-state index contributed by atoms with van der Waals surface area (Å²) < 4.78 is 26.0. The number of hydrogen-bond donors (Lipinski definition) is 1. The van der Waals surface area contributed by atoms with Gasteiger partial charge in [0, 0.05) is 5.56 Å². The molecule has 1 N–H and O–H groups in total. The zero-order valence-corrected chi connectivity index (χ0v) is 8.09. The maximum Gasteiger partial charge on any atom is 0.166 e. The molecular formula is C11H12F2O. The first kappa shape index (κ1) is 10.9. The van der Waals surface area contributed by atoms with Crippen LogP contribution in [0.5, 0.6) is 0 Å². The van der Waals surface area contributed by atoms with Crippen LogP contribution in [0.3, 0.4) is 0 Å². The van der Waals surface area contributed by atoms with E-state index in [0.717, 1.165) is 6.07 Å². The van der Waals surface area contributed by atoms with E-state index in [0.29, 0.717) is 5.57 Å². The van der Waals surface area contributed by atoms with Crippen molar-refractivity contribution >= 4 is 5.57 Å². The minimum Gasteiger partial charge on any atom is -0.389 e. The molecule has 0 aliphatic carbocycles. The van der Waals surface area contributed by atoms with Crippen molar-refractivity contribution < 1.29 is 13.9 Å². The van der Waals surface area contributed by atoms with E-state index in [4.69, 9.17) is 5.11 Å². The molecule has 0 aliphatic heterocycles. The second-order valence-corrected chi connectivity index (χ2v) is 3.19. The fraction of sp³-hybridized carbons (Fsp3) is 0.273. The smallest absolute Gasteiger partial charge is 0.166 e. The molecule has 14 heavy (non-hydrogen) atoms. The molecule has 0 aromatic heterocycles. The van der Waals surface area contributed by atoms with Crippen molar-refractivity contribution in [3.05, 3.63) is 41.5 Å². The Morgan fingerprint density at radius 2 is 2.07 bits per heavy atom. The number of aliphatic hydroxyl groups is 1. The van der Waals surface area contributed by atoms with Crippen molar-refractivity contribution in [2.45, 2.75) is 20.0 Å². The summed E-state index contributed by atoms with van der Waals surface area (Å²) in [6.45, 7) is 3.19. The van der Waals surface area contributed by atoms with Crippen LogP contribution >= 0.6 is 0 Å². The minimum absolute atomic E-state index is 0.186. The lowest BCUT2D eigenvalue weighted by Gasteiger charge is -2.05.